The number of alkyl halides is 3. The van der Waals surface area contributed by atoms with Crippen molar-refractivity contribution in [2.45, 2.75) is 90.2 Å². The molecule has 4 rings (SSSR count). The Bertz CT molecular complexity index is 961. The summed E-state index contributed by atoms with van der Waals surface area (Å²) in [5, 5.41) is 3.72. The second-order valence-corrected chi connectivity index (χ2v) is 10.9. The largest absolute Gasteiger partial charge is 0.468 e. The average molecular weight is 558 g/mol. The molecule has 1 aromatic rings. The van der Waals surface area contributed by atoms with Crippen molar-refractivity contribution in [2.75, 3.05) is 33.5 Å². The number of carbonyl (C=O) groups is 2. The van der Waals surface area contributed by atoms with Crippen LogP contribution < -0.4 is 5.32 Å². The molecule has 0 unspecified atom stereocenters. The van der Waals surface area contributed by atoms with Crippen molar-refractivity contribution >= 4 is 12.4 Å². The third-order valence-electron chi connectivity index (χ3n) is 8.18. The SMILES string of the molecule is CCCOC=O.CO[C@@H]1COCC[C@@H]1N[C@@H]1CC[C@@](C(=O)N2CCc3ncc(C(F)(F)F)cc3C2)(C(C)C)C1. The summed E-state index contributed by atoms with van der Waals surface area (Å²) in [4.78, 5) is 28.9. The van der Waals surface area contributed by atoms with Gasteiger partial charge in [-0.15, -0.1) is 0 Å². The van der Waals surface area contributed by atoms with Gasteiger partial charge in [-0.2, -0.15) is 13.2 Å². The Labute approximate surface area is 229 Å². The number of carbonyl (C=O) groups excluding carboxylic acids is 2. The highest BCUT2D eigenvalue weighted by molar-refractivity contribution is 5.83. The van der Waals surface area contributed by atoms with Gasteiger partial charge in [-0.25, -0.2) is 0 Å². The van der Waals surface area contributed by atoms with Crippen molar-refractivity contribution in [1.82, 2.24) is 15.2 Å². The number of hydrogen-bond donors (Lipinski definition) is 1. The lowest BCUT2D eigenvalue weighted by Crippen LogP contribution is -2.52. The van der Waals surface area contributed by atoms with E-state index in [1.54, 1.807) is 12.0 Å². The molecule has 1 saturated heterocycles. The van der Waals surface area contributed by atoms with Gasteiger partial charge in [0.2, 0.25) is 5.91 Å². The third-order valence-corrected chi connectivity index (χ3v) is 8.18. The van der Waals surface area contributed by atoms with Gasteiger partial charge in [0.1, 0.15) is 0 Å². The van der Waals surface area contributed by atoms with Crippen LogP contribution in [0.3, 0.4) is 0 Å². The van der Waals surface area contributed by atoms with E-state index in [1.165, 1.54) is 0 Å². The second kappa shape index (κ2) is 13.9. The monoisotopic (exact) mass is 557 g/mol. The van der Waals surface area contributed by atoms with Crippen molar-refractivity contribution < 1.29 is 37.0 Å². The summed E-state index contributed by atoms with van der Waals surface area (Å²) >= 11 is 0. The minimum atomic E-state index is -4.44. The number of nitrogens with one attached hydrogen (secondary N) is 1. The van der Waals surface area contributed by atoms with E-state index < -0.39 is 17.2 Å². The highest BCUT2D eigenvalue weighted by atomic mass is 19.4. The fraction of sp³-hybridized carbons (Fsp3) is 0.750. The van der Waals surface area contributed by atoms with E-state index in [0.717, 1.165) is 44.4 Å². The van der Waals surface area contributed by atoms with Crippen LogP contribution in [0.1, 0.15) is 69.7 Å². The predicted molar refractivity (Wildman–Crippen MR) is 139 cm³/mol. The van der Waals surface area contributed by atoms with E-state index >= 15 is 0 Å². The first-order valence-corrected chi connectivity index (χ1v) is 13.8. The topological polar surface area (TPSA) is 90.0 Å². The summed E-state index contributed by atoms with van der Waals surface area (Å²) in [6, 6.07) is 1.55. The maximum atomic E-state index is 13.8. The fourth-order valence-electron chi connectivity index (χ4n) is 5.86. The molecule has 1 N–H and O–H groups in total. The summed E-state index contributed by atoms with van der Waals surface area (Å²) in [5.74, 6) is 0.186. The van der Waals surface area contributed by atoms with Crippen LogP contribution in [0.25, 0.3) is 0 Å². The van der Waals surface area contributed by atoms with Gasteiger partial charge in [0, 0.05) is 57.2 Å². The first-order chi connectivity index (χ1) is 18.6. The average Bonchev–Trinajstić information content (AvgIpc) is 3.36. The van der Waals surface area contributed by atoms with Gasteiger partial charge < -0.3 is 24.4 Å². The highest BCUT2D eigenvalue weighted by Crippen LogP contribution is 2.47. The standard InChI is InChI=1S/C24H34F3N3O3.C4H8O2/c1-15(2)23(7-4-18(11-23)29-20-6-9-33-14-21(20)32-3)22(31)30-8-5-19-16(13-30)10-17(12-28-19)24(25,26)27;1-2-3-6-4-5/h10,12,15,18,20-21,29H,4-9,11,13-14H2,1-3H3;4H,2-3H2,1H3/t18-,20+,21-,23+;/m1./s1. The maximum Gasteiger partial charge on any atom is 0.417 e. The number of aromatic nitrogens is 1. The summed E-state index contributed by atoms with van der Waals surface area (Å²) < 4.78 is 54.9. The molecule has 1 aliphatic carbocycles. The lowest BCUT2D eigenvalue weighted by Gasteiger charge is -2.40. The van der Waals surface area contributed by atoms with Gasteiger partial charge in [0.15, 0.2) is 0 Å². The summed E-state index contributed by atoms with van der Waals surface area (Å²) in [7, 11) is 1.69. The molecule has 39 heavy (non-hydrogen) atoms. The second-order valence-electron chi connectivity index (χ2n) is 10.9. The predicted octanol–water partition coefficient (Wildman–Crippen LogP) is 4.14. The third kappa shape index (κ3) is 7.70. The molecule has 2 aliphatic heterocycles. The molecule has 8 nitrogen and oxygen atoms in total. The Morgan fingerprint density at radius 1 is 1.36 bits per heavy atom. The number of fused-ring (bicyclic) bond motifs is 1. The van der Waals surface area contributed by atoms with Crippen molar-refractivity contribution in [3.8, 4) is 0 Å². The molecule has 11 heteroatoms. The van der Waals surface area contributed by atoms with Gasteiger partial charge in [-0.3, -0.25) is 14.6 Å². The minimum Gasteiger partial charge on any atom is -0.468 e. The normalized spacial score (nSPS) is 27.0. The molecule has 0 aromatic carbocycles. The number of ether oxygens (including phenoxy) is 3. The molecular formula is C28H42F3N3O5. The molecule has 4 atom stereocenters. The van der Waals surface area contributed by atoms with Gasteiger partial charge in [0.05, 0.1) is 30.3 Å². The number of rotatable bonds is 8. The smallest absolute Gasteiger partial charge is 0.417 e. The first-order valence-electron chi connectivity index (χ1n) is 13.8. The van der Waals surface area contributed by atoms with E-state index in [2.05, 4.69) is 28.9 Å². The van der Waals surface area contributed by atoms with E-state index in [4.69, 9.17) is 9.47 Å². The lowest BCUT2D eigenvalue weighted by atomic mass is 9.74. The van der Waals surface area contributed by atoms with Crippen LogP contribution in [-0.2, 0) is 42.9 Å². The van der Waals surface area contributed by atoms with Gasteiger partial charge >= 0.3 is 6.18 Å². The zero-order valence-corrected chi connectivity index (χ0v) is 23.4. The van der Waals surface area contributed by atoms with Gasteiger partial charge in [0.25, 0.3) is 6.47 Å². The van der Waals surface area contributed by atoms with E-state index in [0.29, 0.717) is 50.5 Å². The van der Waals surface area contributed by atoms with Gasteiger partial charge in [-0.1, -0.05) is 20.8 Å². The number of nitrogens with zero attached hydrogens (tertiary/aromatic N) is 2. The molecule has 3 heterocycles. The Hall–Kier alpha value is -2.24. The zero-order chi connectivity index (χ0) is 28.6. The van der Waals surface area contributed by atoms with Crippen LogP contribution in [0.2, 0.25) is 0 Å². The Balaban J connectivity index is 0.000000631. The Kier molecular flexibility index (Phi) is 11.1. The summed E-state index contributed by atoms with van der Waals surface area (Å²) in [6.45, 7) is 9.04. The van der Waals surface area contributed by atoms with Crippen molar-refractivity contribution in [1.29, 1.82) is 0 Å². The molecule has 1 aromatic heterocycles. The maximum absolute atomic E-state index is 13.8. The molecule has 0 bridgehead atoms. The van der Waals surface area contributed by atoms with Crippen LogP contribution in [0.4, 0.5) is 13.2 Å². The molecule has 1 saturated carbocycles. The van der Waals surface area contributed by atoms with Crippen molar-refractivity contribution in [2.24, 2.45) is 11.3 Å². The lowest BCUT2D eigenvalue weighted by molar-refractivity contribution is -0.146. The van der Waals surface area contributed by atoms with E-state index in [-0.39, 0.29) is 36.6 Å². The zero-order valence-electron chi connectivity index (χ0n) is 23.4. The number of halogens is 3. The molecule has 2 fully saturated rings. The molecule has 0 spiro atoms. The van der Waals surface area contributed by atoms with Gasteiger partial charge in [-0.05, 0) is 49.7 Å². The number of pyridine rings is 1. The van der Waals surface area contributed by atoms with Crippen molar-refractivity contribution in [3.63, 3.8) is 0 Å². The van der Waals surface area contributed by atoms with Crippen LogP contribution in [0.15, 0.2) is 12.3 Å². The Morgan fingerprint density at radius 2 is 2.13 bits per heavy atom. The van der Waals surface area contributed by atoms with E-state index in [1.807, 2.05) is 6.92 Å². The summed E-state index contributed by atoms with van der Waals surface area (Å²) in [5.41, 5.74) is -0.121. The molecular weight excluding hydrogens is 515 g/mol. The molecule has 1 amide bonds. The van der Waals surface area contributed by atoms with Crippen LogP contribution in [0.5, 0.6) is 0 Å². The van der Waals surface area contributed by atoms with E-state index in [9.17, 15) is 22.8 Å². The Morgan fingerprint density at radius 3 is 2.74 bits per heavy atom. The number of methoxy groups -OCH3 is 1. The van der Waals surface area contributed by atoms with Crippen LogP contribution in [-0.4, -0.2) is 73.9 Å². The van der Waals surface area contributed by atoms with Crippen LogP contribution in [0, 0.1) is 11.3 Å². The highest BCUT2D eigenvalue weighted by Gasteiger charge is 2.50. The molecule has 220 valence electrons. The summed E-state index contributed by atoms with van der Waals surface area (Å²) in [6.07, 6.45) is 1.08. The quantitative estimate of drug-likeness (QED) is 0.380. The number of amides is 1. The molecule has 0 radical (unpaired) electrons. The first kappa shape index (κ1) is 31.3. The molecule has 3 aliphatic rings. The minimum absolute atomic E-state index is 0.00238. The van der Waals surface area contributed by atoms with Crippen LogP contribution >= 0.6 is 0 Å². The van der Waals surface area contributed by atoms with Crippen molar-refractivity contribution in [3.05, 3.63) is 29.1 Å². The number of hydrogen-bond acceptors (Lipinski definition) is 7. The fourth-order valence-corrected chi connectivity index (χ4v) is 5.86.